The molecule has 0 fully saturated rings. The van der Waals surface area contributed by atoms with E-state index in [0.29, 0.717) is 29.2 Å². The van der Waals surface area contributed by atoms with Gasteiger partial charge in [-0.15, -0.1) is 0 Å². The average molecular weight is 291 g/mol. The van der Waals surface area contributed by atoms with Crippen molar-refractivity contribution in [3.63, 3.8) is 0 Å². The van der Waals surface area contributed by atoms with Gasteiger partial charge in [-0.2, -0.15) is 0 Å². The SMILES string of the molecule is COc1ccc(CCOc2cccc(Cl)c2C=O)cc1. The number of carbonyl (C=O) groups excluding carboxylic acids is 1. The number of aldehydes is 1. The number of benzene rings is 2. The molecule has 0 spiro atoms. The van der Waals surface area contributed by atoms with Gasteiger partial charge in [0.2, 0.25) is 0 Å². The Hall–Kier alpha value is -2.00. The van der Waals surface area contributed by atoms with Crippen molar-refractivity contribution in [3.8, 4) is 11.5 Å². The van der Waals surface area contributed by atoms with Crippen LogP contribution in [-0.2, 0) is 6.42 Å². The van der Waals surface area contributed by atoms with Crippen molar-refractivity contribution in [3.05, 3.63) is 58.6 Å². The topological polar surface area (TPSA) is 35.5 Å². The molecule has 0 aliphatic rings. The average Bonchev–Trinajstić information content (AvgIpc) is 2.48. The number of rotatable bonds is 6. The molecule has 20 heavy (non-hydrogen) atoms. The van der Waals surface area contributed by atoms with Crippen molar-refractivity contribution >= 4 is 17.9 Å². The number of ether oxygens (including phenoxy) is 2. The molecule has 3 nitrogen and oxygen atoms in total. The van der Waals surface area contributed by atoms with E-state index in [0.717, 1.165) is 17.7 Å². The van der Waals surface area contributed by atoms with E-state index < -0.39 is 0 Å². The van der Waals surface area contributed by atoms with E-state index in [9.17, 15) is 4.79 Å². The minimum atomic E-state index is 0.392. The van der Waals surface area contributed by atoms with Crippen LogP contribution in [-0.4, -0.2) is 20.0 Å². The van der Waals surface area contributed by atoms with Crippen molar-refractivity contribution in [2.24, 2.45) is 0 Å². The molecule has 0 amide bonds. The summed E-state index contributed by atoms with van der Waals surface area (Å²) < 4.78 is 10.7. The van der Waals surface area contributed by atoms with Crippen molar-refractivity contribution in [1.29, 1.82) is 0 Å². The lowest BCUT2D eigenvalue weighted by atomic mass is 10.1. The number of hydrogen-bond donors (Lipinski definition) is 0. The molecule has 0 heterocycles. The van der Waals surface area contributed by atoms with Gasteiger partial charge in [0.15, 0.2) is 6.29 Å². The molecule has 2 rings (SSSR count). The van der Waals surface area contributed by atoms with Crippen LogP contribution in [0.25, 0.3) is 0 Å². The summed E-state index contributed by atoms with van der Waals surface area (Å²) in [6.07, 6.45) is 1.46. The van der Waals surface area contributed by atoms with Crippen molar-refractivity contribution in [2.75, 3.05) is 13.7 Å². The van der Waals surface area contributed by atoms with E-state index >= 15 is 0 Å². The Morgan fingerprint density at radius 3 is 2.55 bits per heavy atom. The lowest BCUT2D eigenvalue weighted by Crippen LogP contribution is -2.03. The minimum absolute atomic E-state index is 0.392. The zero-order valence-electron chi connectivity index (χ0n) is 11.1. The van der Waals surface area contributed by atoms with Gasteiger partial charge in [0.25, 0.3) is 0 Å². The molecular formula is C16H15ClO3. The van der Waals surface area contributed by atoms with Gasteiger partial charge in [-0.25, -0.2) is 0 Å². The van der Waals surface area contributed by atoms with E-state index in [2.05, 4.69) is 0 Å². The summed E-state index contributed by atoms with van der Waals surface area (Å²) in [5.74, 6) is 1.34. The lowest BCUT2D eigenvalue weighted by molar-refractivity contribution is 0.112. The second-order valence-corrected chi connectivity index (χ2v) is 4.62. The van der Waals surface area contributed by atoms with E-state index in [1.165, 1.54) is 0 Å². The van der Waals surface area contributed by atoms with Crippen molar-refractivity contribution in [1.82, 2.24) is 0 Å². The summed E-state index contributed by atoms with van der Waals surface area (Å²) in [5.41, 5.74) is 1.53. The van der Waals surface area contributed by atoms with Crippen LogP contribution in [0, 0.1) is 0 Å². The fourth-order valence-corrected chi connectivity index (χ4v) is 2.04. The predicted octanol–water partition coefficient (Wildman–Crippen LogP) is 3.78. The molecule has 2 aromatic carbocycles. The van der Waals surface area contributed by atoms with Crippen LogP contribution in [0.1, 0.15) is 15.9 Å². The molecule has 0 bridgehead atoms. The molecule has 0 N–H and O–H groups in total. The maximum atomic E-state index is 11.0. The quantitative estimate of drug-likeness (QED) is 0.760. The maximum absolute atomic E-state index is 11.0. The van der Waals surface area contributed by atoms with Crippen LogP contribution in [0.2, 0.25) is 5.02 Å². The van der Waals surface area contributed by atoms with Gasteiger partial charge in [0, 0.05) is 6.42 Å². The third-order valence-electron chi connectivity index (χ3n) is 2.94. The molecule has 0 unspecified atom stereocenters. The van der Waals surface area contributed by atoms with Gasteiger partial charge in [0.1, 0.15) is 11.5 Å². The highest BCUT2D eigenvalue weighted by Gasteiger charge is 2.06. The normalized spacial score (nSPS) is 10.1. The second kappa shape index (κ2) is 6.96. The standard InChI is InChI=1S/C16H15ClO3/c1-19-13-7-5-12(6-8-13)9-10-20-16-4-2-3-15(17)14(16)11-18/h2-8,11H,9-10H2,1H3. The molecule has 0 aliphatic heterocycles. The Balaban J connectivity index is 1.95. The fourth-order valence-electron chi connectivity index (χ4n) is 1.83. The first kappa shape index (κ1) is 14.4. The van der Waals surface area contributed by atoms with Crippen molar-refractivity contribution < 1.29 is 14.3 Å². The Morgan fingerprint density at radius 1 is 1.15 bits per heavy atom. The molecule has 0 saturated heterocycles. The summed E-state index contributed by atoms with van der Waals surface area (Å²) in [5, 5.41) is 0.405. The first-order valence-corrected chi connectivity index (χ1v) is 6.62. The van der Waals surface area contributed by atoms with Crippen molar-refractivity contribution in [2.45, 2.75) is 6.42 Å². The largest absolute Gasteiger partial charge is 0.497 e. The van der Waals surface area contributed by atoms with Gasteiger partial charge >= 0.3 is 0 Å². The minimum Gasteiger partial charge on any atom is -0.497 e. The highest BCUT2D eigenvalue weighted by Crippen LogP contribution is 2.24. The Morgan fingerprint density at radius 2 is 1.90 bits per heavy atom. The Kier molecular flexibility index (Phi) is 5.02. The Bertz CT molecular complexity index is 579. The summed E-state index contributed by atoms with van der Waals surface area (Å²) in [7, 11) is 1.64. The summed E-state index contributed by atoms with van der Waals surface area (Å²) in [6, 6.07) is 13.0. The molecule has 0 atom stereocenters. The highest BCUT2D eigenvalue weighted by atomic mass is 35.5. The molecule has 104 valence electrons. The van der Waals surface area contributed by atoms with E-state index in [-0.39, 0.29) is 0 Å². The maximum Gasteiger partial charge on any atom is 0.155 e. The number of hydrogen-bond acceptors (Lipinski definition) is 3. The zero-order valence-corrected chi connectivity index (χ0v) is 11.9. The van der Waals surface area contributed by atoms with Crippen LogP contribution in [0.5, 0.6) is 11.5 Å². The first-order valence-electron chi connectivity index (χ1n) is 6.24. The van der Waals surface area contributed by atoms with E-state index in [1.807, 2.05) is 24.3 Å². The van der Waals surface area contributed by atoms with Crippen LogP contribution in [0.15, 0.2) is 42.5 Å². The lowest BCUT2D eigenvalue weighted by Gasteiger charge is -2.09. The van der Waals surface area contributed by atoms with E-state index in [4.69, 9.17) is 21.1 Å². The number of halogens is 1. The molecule has 0 aliphatic carbocycles. The van der Waals surface area contributed by atoms with Crippen LogP contribution < -0.4 is 9.47 Å². The number of methoxy groups -OCH3 is 1. The fraction of sp³-hybridized carbons (Fsp3) is 0.188. The first-order chi connectivity index (χ1) is 9.74. The summed E-state index contributed by atoms with van der Waals surface area (Å²) >= 11 is 5.93. The number of carbonyl (C=O) groups is 1. The van der Waals surface area contributed by atoms with Gasteiger partial charge in [-0.1, -0.05) is 29.8 Å². The highest BCUT2D eigenvalue weighted by molar-refractivity contribution is 6.33. The predicted molar refractivity (Wildman–Crippen MR) is 79.0 cm³/mol. The summed E-state index contributed by atoms with van der Waals surface area (Å²) in [6.45, 7) is 0.480. The third kappa shape index (κ3) is 3.52. The Labute approximate surface area is 123 Å². The third-order valence-corrected chi connectivity index (χ3v) is 3.27. The molecular weight excluding hydrogens is 276 g/mol. The van der Waals surface area contributed by atoms with Crippen LogP contribution in [0.4, 0.5) is 0 Å². The second-order valence-electron chi connectivity index (χ2n) is 4.22. The zero-order chi connectivity index (χ0) is 14.4. The van der Waals surface area contributed by atoms with Gasteiger partial charge in [0.05, 0.1) is 24.3 Å². The molecule has 0 saturated carbocycles. The van der Waals surface area contributed by atoms with Gasteiger partial charge < -0.3 is 9.47 Å². The molecule has 0 aromatic heterocycles. The van der Waals surface area contributed by atoms with Crippen LogP contribution >= 0.6 is 11.6 Å². The molecule has 4 heteroatoms. The van der Waals surface area contributed by atoms with Gasteiger partial charge in [-0.3, -0.25) is 4.79 Å². The molecule has 2 aromatic rings. The summed E-state index contributed by atoms with van der Waals surface area (Å²) in [4.78, 5) is 11.0. The smallest absolute Gasteiger partial charge is 0.155 e. The van der Waals surface area contributed by atoms with Crippen LogP contribution in [0.3, 0.4) is 0 Å². The van der Waals surface area contributed by atoms with Gasteiger partial charge in [-0.05, 0) is 29.8 Å². The monoisotopic (exact) mass is 290 g/mol. The van der Waals surface area contributed by atoms with E-state index in [1.54, 1.807) is 25.3 Å². The molecule has 0 radical (unpaired) electrons.